The Morgan fingerprint density at radius 2 is 1.79 bits per heavy atom. The minimum atomic E-state index is 1.09. The predicted molar refractivity (Wildman–Crippen MR) is 61.3 cm³/mol. The van der Waals surface area contributed by atoms with E-state index in [1.165, 1.54) is 50.5 Å². The van der Waals surface area contributed by atoms with E-state index in [0.717, 1.165) is 5.92 Å². The van der Waals surface area contributed by atoms with Crippen molar-refractivity contribution >= 4 is 0 Å². The second kappa shape index (κ2) is 5.19. The van der Waals surface area contributed by atoms with Crippen molar-refractivity contribution in [3.8, 4) is 0 Å². The average molecular weight is 188 g/mol. The summed E-state index contributed by atoms with van der Waals surface area (Å²) in [4.78, 5) is 0. The number of hydrogen-bond donors (Lipinski definition) is 0. The quantitative estimate of drug-likeness (QED) is 0.607. The molecule has 0 heteroatoms. The lowest BCUT2D eigenvalue weighted by Crippen LogP contribution is -2.10. The van der Waals surface area contributed by atoms with Gasteiger partial charge in [-0.05, 0) is 24.3 Å². The van der Waals surface area contributed by atoms with E-state index in [1.807, 2.05) is 0 Å². The van der Waals surface area contributed by atoms with Gasteiger partial charge in [0, 0.05) is 0 Å². The van der Waals surface area contributed by atoms with Crippen LogP contribution in [0.2, 0.25) is 0 Å². The van der Waals surface area contributed by atoms with Crippen molar-refractivity contribution in [1.82, 2.24) is 0 Å². The van der Waals surface area contributed by atoms with E-state index in [4.69, 9.17) is 0 Å². The van der Waals surface area contributed by atoms with Gasteiger partial charge in [-0.25, -0.2) is 0 Å². The fourth-order valence-electron chi connectivity index (χ4n) is 2.19. The van der Waals surface area contributed by atoms with Gasteiger partial charge >= 0.3 is 0 Å². The molecule has 76 valence electrons. The van der Waals surface area contributed by atoms with Crippen LogP contribution >= 0.6 is 0 Å². The van der Waals surface area contributed by atoms with Crippen LogP contribution < -0.4 is 0 Å². The SMILES string of the molecule is c1ccc(CCCCC2CCC2)cc1. The zero-order valence-electron chi connectivity index (χ0n) is 8.91. The Hall–Kier alpha value is -0.780. The van der Waals surface area contributed by atoms with Crippen LogP contribution in [0.5, 0.6) is 0 Å². The fourth-order valence-corrected chi connectivity index (χ4v) is 2.19. The topological polar surface area (TPSA) is 0 Å². The lowest BCUT2D eigenvalue weighted by molar-refractivity contribution is 0.287. The van der Waals surface area contributed by atoms with Gasteiger partial charge in [-0.3, -0.25) is 0 Å². The second-order valence-electron chi connectivity index (χ2n) is 4.53. The van der Waals surface area contributed by atoms with Gasteiger partial charge in [0.2, 0.25) is 0 Å². The van der Waals surface area contributed by atoms with Crippen LogP contribution in [0.15, 0.2) is 30.3 Å². The third-order valence-electron chi connectivity index (χ3n) is 3.40. The summed E-state index contributed by atoms with van der Waals surface area (Å²) in [5.41, 5.74) is 1.50. The maximum Gasteiger partial charge on any atom is -0.0279 e. The summed E-state index contributed by atoms with van der Waals surface area (Å²) in [5, 5.41) is 0. The molecule has 0 nitrogen and oxygen atoms in total. The molecule has 0 aromatic heterocycles. The molecule has 0 unspecified atom stereocenters. The number of aryl methyl sites for hydroxylation is 1. The van der Waals surface area contributed by atoms with E-state index in [1.54, 1.807) is 0 Å². The van der Waals surface area contributed by atoms with Gasteiger partial charge in [0.05, 0.1) is 0 Å². The molecule has 0 heterocycles. The molecule has 0 atom stereocenters. The van der Waals surface area contributed by atoms with Gasteiger partial charge in [-0.1, -0.05) is 62.4 Å². The molecule has 0 spiro atoms. The van der Waals surface area contributed by atoms with Crippen molar-refractivity contribution in [2.45, 2.75) is 44.9 Å². The molecule has 0 saturated heterocycles. The largest absolute Gasteiger partial charge is 0.0622 e. The van der Waals surface area contributed by atoms with Crippen molar-refractivity contribution in [1.29, 1.82) is 0 Å². The van der Waals surface area contributed by atoms with E-state index < -0.39 is 0 Å². The summed E-state index contributed by atoms with van der Waals surface area (Å²) in [7, 11) is 0. The number of unbranched alkanes of at least 4 members (excludes halogenated alkanes) is 1. The molecule has 1 aromatic carbocycles. The Bertz CT molecular complexity index is 246. The van der Waals surface area contributed by atoms with E-state index >= 15 is 0 Å². The Morgan fingerprint density at radius 1 is 1.00 bits per heavy atom. The molecule has 1 fully saturated rings. The summed E-state index contributed by atoms with van der Waals surface area (Å²) in [6.45, 7) is 0. The summed E-state index contributed by atoms with van der Waals surface area (Å²) in [6, 6.07) is 10.9. The summed E-state index contributed by atoms with van der Waals surface area (Å²) in [6.07, 6.45) is 10.1. The zero-order chi connectivity index (χ0) is 9.64. The second-order valence-corrected chi connectivity index (χ2v) is 4.53. The molecule has 0 bridgehead atoms. The number of benzene rings is 1. The van der Waals surface area contributed by atoms with Crippen molar-refractivity contribution in [2.75, 3.05) is 0 Å². The molecule has 0 radical (unpaired) electrons. The van der Waals surface area contributed by atoms with Crippen LogP contribution in [0.1, 0.15) is 44.1 Å². The van der Waals surface area contributed by atoms with Crippen LogP contribution in [0.3, 0.4) is 0 Å². The molecule has 0 N–H and O–H groups in total. The predicted octanol–water partition coefficient (Wildman–Crippen LogP) is 4.20. The lowest BCUT2D eigenvalue weighted by atomic mass is 9.81. The molecule has 1 aromatic rings. The molecular weight excluding hydrogens is 168 g/mol. The Balaban J connectivity index is 1.58. The van der Waals surface area contributed by atoms with Crippen molar-refractivity contribution in [2.24, 2.45) is 5.92 Å². The Labute approximate surface area is 87.3 Å². The maximum atomic E-state index is 2.24. The molecule has 1 saturated carbocycles. The van der Waals surface area contributed by atoms with E-state index in [2.05, 4.69) is 30.3 Å². The first-order valence-corrected chi connectivity index (χ1v) is 5.99. The van der Waals surface area contributed by atoms with Crippen molar-refractivity contribution < 1.29 is 0 Å². The minimum absolute atomic E-state index is 1.09. The van der Waals surface area contributed by atoms with Gasteiger partial charge in [0.1, 0.15) is 0 Å². The normalized spacial score (nSPS) is 16.6. The lowest BCUT2D eigenvalue weighted by Gasteiger charge is -2.24. The first-order chi connectivity index (χ1) is 6.95. The van der Waals surface area contributed by atoms with Gasteiger partial charge in [-0.2, -0.15) is 0 Å². The molecule has 14 heavy (non-hydrogen) atoms. The van der Waals surface area contributed by atoms with Crippen molar-refractivity contribution in [3.05, 3.63) is 35.9 Å². The summed E-state index contributed by atoms with van der Waals surface area (Å²) < 4.78 is 0. The highest BCUT2D eigenvalue weighted by Gasteiger charge is 2.15. The third-order valence-corrected chi connectivity index (χ3v) is 3.40. The highest BCUT2D eigenvalue weighted by molar-refractivity contribution is 5.14. The van der Waals surface area contributed by atoms with Gasteiger partial charge in [0.15, 0.2) is 0 Å². The van der Waals surface area contributed by atoms with Crippen molar-refractivity contribution in [3.63, 3.8) is 0 Å². The zero-order valence-corrected chi connectivity index (χ0v) is 8.91. The smallest absolute Gasteiger partial charge is 0.0279 e. The van der Waals surface area contributed by atoms with Crippen LogP contribution in [0.25, 0.3) is 0 Å². The number of rotatable bonds is 5. The van der Waals surface area contributed by atoms with Crippen LogP contribution in [-0.4, -0.2) is 0 Å². The first kappa shape index (κ1) is 9.76. The molecule has 1 aliphatic rings. The van der Waals surface area contributed by atoms with Crippen LogP contribution in [0, 0.1) is 5.92 Å². The fraction of sp³-hybridized carbons (Fsp3) is 0.571. The first-order valence-electron chi connectivity index (χ1n) is 5.99. The summed E-state index contributed by atoms with van der Waals surface area (Å²) in [5.74, 6) is 1.09. The Morgan fingerprint density at radius 3 is 2.43 bits per heavy atom. The maximum absolute atomic E-state index is 2.24. The standard InChI is InChI=1S/C14H20/c1-2-7-13(8-3-1)9-4-5-10-14-11-6-12-14/h1-3,7-8,14H,4-6,9-12H2. The van der Waals surface area contributed by atoms with Gasteiger partial charge in [-0.15, -0.1) is 0 Å². The third kappa shape index (κ3) is 2.87. The molecule has 1 aliphatic carbocycles. The van der Waals surface area contributed by atoms with Crippen LogP contribution in [-0.2, 0) is 6.42 Å². The molecular formula is C14H20. The van der Waals surface area contributed by atoms with Crippen LogP contribution in [0.4, 0.5) is 0 Å². The van der Waals surface area contributed by atoms with E-state index in [0.29, 0.717) is 0 Å². The molecule has 2 rings (SSSR count). The number of hydrogen-bond acceptors (Lipinski definition) is 0. The minimum Gasteiger partial charge on any atom is -0.0622 e. The molecule has 0 amide bonds. The van der Waals surface area contributed by atoms with E-state index in [9.17, 15) is 0 Å². The van der Waals surface area contributed by atoms with Gasteiger partial charge < -0.3 is 0 Å². The summed E-state index contributed by atoms with van der Waals surface area (Å²) >= 11 is 0. The highest BCUT2D eigenvalue weighted by atomic mass is 14.2. The molecule has 0 aliphatic heterocycles. The monoisotopic (exact) mass is 188 g/mol. The highest BCUT2D eigenvalue weighted by Crippen LogP contribution is 2.30. The average Bonchev–Trinajstić information content (AvgIpc) is 2.16. The van der Waals surface area contributed by atoms with E-state index in [-0.39, 0.29) is 0 Å². The Kier molecular flexibility index (Phi) is 3.62. The van der Waals surface area contributed by atoms with Gasteiger partial charge in [0.25, 0.3) is 0 Å².